The molecule has 0 fully saturated rings. The molecule has 1 atom stereocenters. The largest absolute Gasteiger partial charge is 0.480 e. The Bertz CT molecular complexity index is 1110. The number of carbonyl (C=O) groups excluding carboxylic acids is 1. The maximum absolute atomic E-state index is 12.4. The van der Waals surface area contributed by atoms with Crippen molar-refractivity contribution in [3.8, 4) is 0 Å². The first-order chi connectivity index (χ1) is 20.4. The summed E-state index contributed by atoms with van der Waals surface area (Å²) in [7, 11) is -0.622. The highest BCUT2D eigenvalue weighted by molar-refractivity contribution is 8.76. The Kier molecular flexibility index (Phi) is 19.1. The summed E-state index contributed by atoms with van der Waals surface area (Å²) in [6.07, 6.45) is 2.75. The Morgan fingerprint density at radius 2 is 1.50 bits per heavy atom. The van der Waals surface area contributed by atoms with Crippen LogP contribution >= 0.6 is 21.6 Å². The normalized spacial score (nSPS) is 12.2. The lowest BCUT2D eigenvalue weighted by Crippen LogP contribution is -2.40. The maximum atomic E-state index is 12.4. The minimum Gasteiger partial charge on any atom is -0.480 e. The van der Waals surface area contributed by atoms with Gasteiger partial charge in [0, 0.05) is 18.5 Å². The minimum absolute atomic E-state index is 0.00126. The molecule has 42 heavy (non-hydrogen) atoms. The van der Waals surface area contributed by atoms with Gasteiger partial charge in [-0.25, -0.2) is 13.4 Å². The molecule has 2 aromatic rings. The molecule has 0 aliphatic carbocycles. The second-order valence-corrected chi connectivity index (χ2v) is 12.8. The summed E-state index contributed by atoms with van der Waals surface area (Å²) in [5.74, 6) is -0.698. The highest BCUT2D eigenvalue weighted by atomic mass is 33.1. The van der Waals surface area contributed by atoms with E-state index in [4.69, 9.17) is 18.9 Å². The van der Waals surface area contributed by atoms with Crippen molar-refractivity contribution in [3.05, 3.63) is 54.7 Å². The summed E-state index contributed by atoms with van der Waals surface area (Å²) in [6, 6.07) is 12.1. The molecule has 0 spiro atoms. The van der Waals surface area contributed by atoms with E-state index in [9.17, 15) is 23.1 Å². The number of aromatic nitrogens is 1. The second kappa shape index (κ2) is 22.3. The van der Waals surface area contributed by atoms with Crippen molar-refractivity contribution in [2.24, 2.45) is 0 Å². The number of nitrogens with one attached hydrogen (secondary N) is 2. The van der Waals surface area contributed by atoms with Crippen molar-refractivity contribution in [3.63, 3.8) is 0 Å². The third kappa shape index (κ3) is 17.0. The van der Waals surface area contributed by atoms with Gasteiger partial charge in [0.2, 0.25) is 15.9 Å². The van der Waals surface area contributed by atoms with Crippen molar-refractivity contribution in [2.75, 3.05) is 65.2 Å². The van der Waals surface area contributed by atoms with E-state index in [-0.39, 0.29) is 30.4 Å². The zero-order valence-electron chi connectivity index (χ0n) is 23.4. The van der Waals surface area contributed by atoms with Gasteiger partial charge in [0.25, 0.3) is 0 Å². The molecule has 0 saturated carbocycles. The van der Waals surface area contributed by atoms with Gasteiger partial charge in [0.15, 0.2) is 0 Å². The maximum Gasteiger partial charge on any atom is 0.321 e. The van der Waals surface area contributed by atoms with Crippen LogP contribution in [0.2, 0.25) is 0 Å². The Balaban J connectivity index is 1.36. The topological polar surface area (TPSA) is 162 Å². The molecular formula is C27H39N3O9S3. The van der Waals surface area contributed by atoms with Crippen LogP contribution in [-0.4, -0.2) is 102 Å². The summed E-state index contributed by atoms with van der Waals surface area (Å²) in [6.45, 7) is 3.26. The summed E-state index contributed by atoms with van der Waals surface area (Å²) in [5.41, 5.74) is 0. The number of benzene rings is 1. The molecule has 1 aromatic carbocycles. The van der Waals surface area contributed by atoms with E-state index in [0.29, 0.717) is 59.0 Å². The number of ether oxygens (including phenoxy) is 4. The number of carboxylic acid groups (broad SMARTS) is 1. The van der Waals surface area contributed by atoms with Crippen molar-refractivity contribution in [2.45, 2.75) is 35.2 Å². The van der Waals surface area contributed by atoms with Crippen LogP contribution in [0.4, 0.5) is 0 Å². The zero-order valence-corrected chi connectivity index (χ0v) is 25.8. The standard InChI is InChI=1S/C27H39N3O9S3/c31-25(28-12-6-4-10-24(27(32)33)30-42(34,35)23-8-2-1-3-9-23)22-39-19-18-37-15-14-36-16-17-38-20-21-40-41-26-11-5-7-13-29-26/h1-3,5,7-9,11,13,24,30H,4,6,10,12,14-22H2,(H,28,31)(H,32,33)/t24-/m0/s1. The van der Waals surface area contributed by atoms with Gasteiger partial charge in [0.05, 0.1) is 51.1 Å². The lowest BCUT2D eigenvalue weighted by molar-refractivity contribution is -0.139. The molecule has 1 amide bonds. The molecule has 1 heterocycles. The minimum atomic E-state index is -3.94. The van der Waals surface area contributed by atoms with Gasteiger partial charge in [-0.1, -0.05) is 35.1 Å². The van der Waals surface area contributed by atoms with Crippen LogP contribution < -0.4 is 10.0 Å². The number of pyridine rings is 1. The molecule has 2 rings (SSSR count). The van der Waals surface area contributed by atoms with Crippen LogP contribution in [0, 0.1) is 0 Å². The highest BCUT2D eigenvalue weighted by Gasteiger charge is 2.24. The van der Waals surface area contributed by atoms with Gasteiger partial charge in [-0.15, -0.1) is 0 Å². The summed E-state index contributed by atoms with van der Waals surface area (Å²) >= 11 is 0. The van der Waals surface area contributed by atoms with Gasteiger partial charge in [-0.2, -0.15) is 4.72 Å². The van der Waals surface area contributed by atoms with Gasteiger partial charge >= 0.3 is 5.97 Å². The number of nitrogens with zero attached hydrogens (tertiary/aromatic N) is 1. The summed E-state index contributed by atoms with van der Waals surface area (Å²) in [5, 5.41) is 13.0. The lowest BCUT2D eigenvalue weighted by Gasteiger charge is -2.15. The fraction of sp³-hybridized carbons (Fsp3) is 0.519. The van der Waals surface area contributed by atoms with Crippen LogP contribution in [0.3, 0.4) is 0 Å². The van der Waals surface area contributed by atoms with Crippen LogP contribution in [0.1, 0.15) is 19.3 Å². The average molecular weight is 646 g/mol. The summed E-state index contributed by atoms with van der Waals surface area (Å²) < 4.78 is 48.6. The number of hydrogen-bond acceptors (Lipinski definition) is 11. The van der Waals surface area contributed by atoms with Crippen molar-refractivity contribution < 1.29 is 42.1 Å². The van der Waals surface area contributed by atoms with E-state index in [1.54, 1.807) is 46.0 Å². The van der Waals surface area contributed by atoms with Crippen LogP contribution in [-0.2, 0) is 38.6 Å². The van der Waals surface area contributed by atoms with E-state index >= 15 is 0 Å². The van der Waals surface area contributed by atoms with Crippen LogP contribution in [0.5, 0.6) is 0 Å². The molecular weight excluding hydrogens is 607 g/mol. The third-order valence-corrected chi connectivity index (χ3v) is 9.05. The van der Waals surface area contributed by atoms with Crippen molar-refractivity contribution in [1.29, 1.82) is 0 Å². The van der Waals surface area contributed by atoms with Gasteiger partial charge in [-0.05, 0) is 54.3 Å². The van der Waals surface area contributed by atoms with E-state index in [1.165, 1.54) is 12.1 Å². The number of carboxylic acids is 1. The fourth-order valence-electron chi connectivity index (χ4n) is 3.26. The number of rotatable bonds is 25. The molecule has 234 valence electrons. The van der Waals surface area contributed by atoms with Crippen molar-refractivity contribution >= 4 is 43.5 Å². The number of amides is 1. The van der Waals surface area contributed by atoms with Crippen molar-refractivity contribution in [1.82, 2.24) is 15.0 Å². The monoisotopic (exact) mass is 645 g/mol. The predicted octanol–water partition coefficient (Wildman–Crippen LogP) is 2.61. The summed E-state index contributed by atoms with van der Waals surface area (Å²) in [4.78, 5) is 27.6. The smallest absolute Gasteiger partial charge is 0.321 e. The lowest BCUT2D eigenvalue weighted by atomic mass is 10.1. The molecule has 0 unspecified atom stereocenters. The van der Waals surface area contributed by atoms with Gasteiger partial charge in [-0.3, -0.25) is 9.59 Å². The van der Waals surface area contributed by atoms with Crippen LogP contribution in [0.15, 0.2) is 64.6 Å². The molecule has 0 bridgehead atoms. The molecule has 0 aliphatic rings. The first-order valence-electron chi connectivity index (χ1n) is 13.5. The molecule has 0 radical (unpaired) electrons. The Morgan fingerprint density at radius 1 is 0.857 bits per heavy atom. The number of sulfonamides is 1. The molecule has 12 nitrogen and oxygen atoms in total. The average Bonchev–Trinajstić information content (AvgIpc) is 2.99. The predicted molar refractivity (Wildman–Crippen MR) is 161 cm³/mol. The zero-order chi connectivity index (χ0) is 30.3. The number of unbranched alkanes of at least 4 members (excludes halogenated alkanes) is 1. The number of aliphatic carboxylic acids is 1. The fourth-order valence-corrected chi connectivity index (χ4v) is 6.24. The van der Waals surface area contributed by atoms with E-state index in [2.05, 4.69) is 15.0 Å². The molecule has 1 aromatic heterocycles. The third-order valence-electron chi connectivity index (χ3n) is 5.33. The Morgan fingerprint density at radius 3 is 2.14 bits per heavy atom. The van der Waals surface area contributed by atoms with Gasteiger partial charge < -0.3 is 29.4 Å². The number of hydrogen-bond donors (Lipinski definition) is 3. The first kappa shape index (κ1) is 36.0. The molecule has 3 N–H and O–H groups in total. The quantitative estimate of drug-likeness (QED) is 0.107. The van der Waals surface area contributed by atoms with Crippen LogP contribution in [0.25, 0.3) is 0 Å². The molecule has 0 saturated heterocycles. The molecule has 15 heteroatoms. The van der Waals surface area contributed by atoms with E-state index in [1.807, 2.05) is 18.2 Å². The van der Waals surface area contributed by atoms with E-state index < -0.39 is 22.0 Å². The number of carbonyl (C=O) groups is 2. The SMILES string of the molecule is O=C(COCCOCCOCCOCCSSc1ccccn1)NCCCC[C@H](NS(=O)(=O)c1ccccc1)C(=O)O. The Hall–Kier alpha value is -2.24. The van der Waals surface area contributed by atoms with Gasteiger partial charge in [0.1, 0.15) is 17.7 Å². The Labute approximate surface area is 255 Å². The highest BCUT2D eigenvalue weighted by Crippen LogP contribution is 2.28. The first-order valence-corrected chi connectivity index (χ1v) is 17.3. The second-order valence-electron chi connectivity index (χ2n) is 8.63. The molecule has 0 aliphatic heterocycles. The van der Waals surface area contributed by atoms with E-state index in [0.717, 1.165) is 10.8 Å².